The average Bonchev–Trinajstić information content (AvgIpc) is 3.41. The average molecular weight is 431 g/mol. The highest BCUT2D eigenvalue weighted by Crippen LogP contribution is 2.42. The van der Waals surface area contributed by atoms with Crippen LogP contribution in [0.3, 0.4) is 0 Å². The zero-order valence-electron chi connectivity index (χ0n) is 17.2. The van der Waals surface area contributed by atoms with Crippen LogP contribution in [0.1, 0.15) is 30.7 Å². The van der Waals surface area contributed by atoms with Gasteiger partial charge >= 0.3 is 0 Å². The molecular weight excluding hydrogens is 408 g/mol. The van der Waals surface area contributed by atoms with Crippen LogP contribution >= 0.6 is 0 Å². The number of aromatic nitrogens is 5. The molecule has 11 heteroatoms. The molecule has 164 valence electrons. The minimum Gasteiger partial charge on any atom is -0.359 e. The summed E-state index contributed by atoms with van der Waals surface area (Å²) in [6.45, 7) is 3.95. The van der Waals surface area contributed by atoms with E-state index in [-0.39, 0.29) is 11.3 Å². The Morgan fingerprint density at radius 3 is 2.77 bits per heavy atom. The number of anilines is 1. The second-order valence-corrected chi connectivity index (χ2v) is 8.50. The Bertz CT molecular complexity index is 1100. The number of nitrogens with zero attached hydrogens (tertiary/aromatic N) is 7. The number of aryl methyl sites for hydroxylation is 1. The molecule has 3 aromatic heterocycles. The predicted molar refractivity (Wildman–Crippen MR) is 106 cm³/mol. The van der Waals surface area contributed by atoms with E-state index in [1.807, 2.05) is 17.9 Å². The summed E-state index contributed by atoms with van der Waals surface area (Å²) in [6.07, 6.45) is 2.83. The molecule has 0 unspecified atom stereocenters. The normalized spacial score (nSPS) is 18.8. The maximum Gasteiger partial charge on any atom is 0.258 e. The molecule has 0 bridgehead atoms. The number of piperidine rings is 1. The summed E-state index contributed by atoms with van der Waals surface area (Å²) in [6, 6.07) is 1.86. The standard InChI is InChI=1S/C20H23F2N7O2/c1-13-6-14(31-26-13)10-28-12-20(7-18(28)30)2-4-27(5-3-20)17-9-23-15-8-24-29(11-16(21)22)19(15)25-17/h6,8-9,16H,2-5,7,10-12H2,1H3. The first-order valence-electron chi connectivity index (χ1n) is 10.3. The maximum absolute atomic E-state index is 12.8. The largest absolute Gasteiger partial charge is 0.359 e. The van der Waals surface area contributed by atoms with Crippen LogP contribution in [0.2, 0.25) is 0 Å². The summed E-state index contributed by atoms with van der Waals surface area (Å²) < 4.78 is 32.0. The predicted octanol–water partition coefficient (Wildman–Crippen LogP) is 2.41. The third-order valence-corrected chi connectivity index (χ3v) is 6.22. The van der Waals surface area contributed by atoms with Gasteiger partial charge in [0.05, 0.1) is 24.6 Å². The third kappa shape index (κ3) is 3.84. The zero-order chi connectivity index (χ0) is 21.6. The Labute approximate surface area is 177 Å². The fourth-order valence-electron chi connectivity index (χ4n) is 4.61. The lowest BCUT2D eigenvalue weighted by atomic mass is 9.77. The van der Waals surface area contributed by atoms with Crippen LogP contribution in [0.4, 0.5) is 14.6 Å². The van der Waals surface area contributed by atoms with Crippen LogP contribution in [-0.4, -0.2) is 61.8 Å². The van der Waals surface area contributed by atoms with E-state index in [1.165, 1.54) is 10.9 Å². The topological polar surface area (TPSA) is 93.2 Å². The Morgan fingerprint density at radius 2 is 2.06 bits per heavy atom. The van der Waals surface area contributed by atoms with Crippen molar-refractivity contribution in [3.05, 3.63) is 29.9 Å². The molecule has 5 heterocycles. The number of alkyl halides is 2. The van der Waals surface area contributed by atoms with E-state index in [1.54, 1.807) is 6.20 Å². The summed E-state index contributed by atoms with van der Waals surface area (Å²) in [5.41, 5.74) is 1.61. The summed E-state index contributed by atoms with van der Waals surface area (Å²) in [5.74, 6) is 1.49. The fraction of sp³-hybridized carbons (Fsp3) is 0.550. The van der Waals surface area contributed by atoms with Crippen LogP contribution in [-0.2, 0) is 17.9 Å². The molecule has 3 aromatic rings. The highest BCUT2D eigenvalue weighted by atomic mass is 19.3. The highest BCUT2D eigenvalue weighted by Gasteiger charge is 2.45. The summed E-state index contributed by atoms with van der Waals surface area (Å²) >= 11 is 0. The molecule has 2 saturated heterocycles. The van der Waals surface area contributed by atoms with Gasteiger partial charge in [0.25, 0.3) is 6.43 Å². The first kappa shape index (κ1) is 19.8. The number of carbonyl (C=O) groups excluding carboxylic acids is 1. The van der Waals surface area contributed by atoms with Gasteiger partial charge in [0, 0.05) is 37.5 Å². The summed E-state index contributed by atoms with van der Waals surface area (Å²) in [7, 11) is 0. The smallest absolute Gasteiger partial charge is 0.258 e. The van der Waals surface area contributed by atoms with E-state index in [4.69, 9.17) is 4.52 Å². The van der Waals surface area contributed by atoms with Crippen molar-refractivity contribution in [3.63, 3.8) is 0 Å². The van der Waals surface area contributed by atoms with Crippen molar-refractivity contribution >= 4 is 22.9 Å². The van der Waals surface area contributed by atoms with Gasteiger partial charge in [0.15, 0.2) is 11.4 Å². The van der Waals surface area contributed by atoms with E-state index in [0.29, 0.717) is 42.3 Å². The molecule has 5 rings (SSSR count). The number of hydrogen-bond acceptors (Lipinski definition) is 7. The first-order valence-corrected chi connectivity index (χ1v) is 10.3. The van der Waals surface area contributed by atoms with Crippen LogP contribution in [0.15, 0.2) is 23.0 Å². The quantitative estimate of drug-likeness (QED) is 0.612. The SMILES string of the molecule is Cc1cc(CN2CC3(CCN(c4cnc5cnn(CC(F)F)c5n4)CC3)CC2=O)on1. The van der Waals surface area contributed by atoms with Crippen molar-refractivity contribution < 1.29 is 18.1 Å². The molecule has 0 N–H and O–H groups in total. The molecule has 0 atom stereocenters. The Balaban J connectivity index is 1.26. The minimum absolute atomic E-state index is 0.0579. The van der Waals surface area contributed by atoms with Crippen LogP contribution in [0.5, 0.6) is 0 Å². The van der Waals surface area contributed by atoms with Gasteiger partial charge in [-0.1, -0.05) is 5.16 Å². The fourth-order valence-corrected chi connectivity index (χ4v) is 4.61. The Kier molecular flexibility index (Phi) is 4.82. The molecule has 2 aliphatic rings. The molecule has 2 aliphatic heterocycles. The first-order chi connectivity index (χ1) is 14.9. The molecular formula is C20H23F2N7O2. The molecule has 31 heavy (non-hydrogen) atoms. The van der Waals surface area contributed by atoms with Crippen LogP contribution < -0.4 is 4.90 Å². The molecule has 0 aromatic carbocycles. The van der Waals surface area contributed by atoms with Gasteiger partial charge in [0.1, 0.15) is 17.9 Å². The van der Waals surface area contributed by atoms with Gasteiger partial charge in [-0.05, 0) is 19.8 Å². The number of carbonyl (C=O) groups is 1. The lowest BCUT2D eigenvalue weighted by molar-refractivity contribution is -0.128. The second kappa shape index (κ2) is 7.54. The van der Waals surface area contributed by atoms with Gasteiger partial charge in [0.2, 0.25) is 5.91 Å². The molecule has 1 spiro atoms. The molecule has 2 fully saturated rings. The van der Waals surface area contributed by atoms with Crippen molar-refractivity contribution in [2.75, 3.05) is 24.5 Å². The lowest BCUT2D eigenvalue weighted by Gasteiger charge is -2.39. The zero-order valence-corrected chi connectivity index (χ0v) is 17.2. The number of halogens is 2. The second-order valence-electron chi connectivity index (χ2n) is 8.50. The number of amides is 1. The number of hydrogen-bond donors (Lipinski definition) is 0. The number of likely N-dealkylation sites (tertiary alicyclic amines) is 1. The van der Waals surface area contributed by atoms with Crippen LogP contribution in [0.25, 0.3) is 11.2 Å². The molecule has 0 aliphatic carbocycles. The number of rotatable bonds is 5. The number of fused-ring (bicyclic) bond motifs is 1. The van der Waals surface area contributed by atoms with E-state index in [0.717, 1.165) is 31.6 Å². The van der Waals surface area contributed by atoms with E-state index in [9.17, 15) is 13.6 Å². The van der Waals surface area contributed by atoms with Gasteiger partial charge in [-0.2, -0.15) is 5.10 Å². The van der Waals surface area contributed by atoms with Gasteiger partial charge in [-0.15, -0.1) is 0 Å². The molecule has 1 amide bonds. The van der Waals surface area contributed by atoms with Crippen molar-refractivity contribution in [3.8, 4) is 0 Å². The van der Waals surface area contributed by atoms with Crippen molar-refractivity contribution in [2.24, 2.45) is 5.41 Å². The lowest BCUT2D eigenvalue weighted by Crippen LogP contribution is -2.42. The molecule has 0 radical (unpaired) electrons. The molecule has 9 nitrogen and oxygen atoms in total. The van der Waals surface area contributed by atoms with E-state index >= 15 is 0 Å². The molecule has 0 saturated carbocycles. The minimum atomic E-state index is -2.51. The van der Waals surface area contributed by atoms with Gasteiger partial charge in [-0.3, -0.25) is 4.79 Å². The van der Waals surface area contributed by atoms with E-state index < -0.39 is 13.0 Å². The van der Waals surface area contributed by atoms with Crippen molar-refractivity contribution in [1.82, 2.24) is 29.8 Å². The van der Waals surface area contributed by atoms with Gasteiger partial charge < -0.3 is 14.3 Å². The van der Waals surface area contributed by atoms with E-state index in [2.05, 4.69) is 25.1 Å². The monoisotopic (exact) mass is 431 g/mol. The highest BCUT2D eigenvalue weighted by molar-refractivity contribution is 5.79. The Hall–Kier alpha value is -3.11. The van der Waals surface area contributed by atoms with Crippen LogP contribution in [0, 0.1) is 12.3 Å². The van der Waals surface area contributed by atoms with Crippen molar-refractivity contribution in [2.45, 2.75) is 45.7 Å². The summed E-state index contributed by atoms with van der Waals surface area (Å²) in [5, 5.41) is 7.86. The Morgan fingerprint density at radius 1 is 1.26 bits per heavy atom. The van der Waals surface area contributed by atoms with Crippen molar-refractivity contribution in [1.29, 1.82) is 0 Å². The third-order valence-electron chi connectivity index (χ3n) is 6.22. The summed E-state index contributed by atoms with van der Waals surface area (Å²) in [4.78, 5) is 25.4. The van der Waals surface area contributed by atoms with Gasteiger partial charge in [-0.25, -0.2) is 23.4 Å². The maximum atomic E-state index is 12.8.